The number of carbonyl (C=O) groups excluding carboxylic acids is 1. The van der Waals surface area contributed by atoms with Gasteiger partial charge in [-0.05, 0) is 45.1 Å². The SMILES string of the molecule is Cc1cccc(N2C[C@H](c3cc(=O)[nH]c(N(C)CCN(C)C)n3)CC2=O)c1C. The summed E-state index contributed by atoms with van der Waals surface area (Å²) in [5.41, 5.74) is 3.71. The van der Waals surface area contributed by atoms with Gasteiger partial charge in [0.1, 0.15) is 0 Å². The second-order valence-corrected chi connectivity index (χ2v) is 7.84. The number of aryl methyl sites for hydroxylation is 1. The first-order valence-electron chi connectivity index (χ1n) is 9.60. The lowest BCUT2D eigenvalue weighted by Crippen LogP contribution is -2.31. The molecule has 1 fully saturated rings. The van der Waals surface area contributed by atoms with E-state index in [-0.39, 0.29) is 17.4 Å². The van der Waals surface area contributed by atoms with Crippen molar-refractivity contribution in [2.75, 3.05) is 50.6 Å². The van der Waals surface area contributed by atoms with E-state index in [1.807, 2.05) is 63.0 Å². The maximum Gasteiger partial charge on any atom is 0.252 e. The van der Waals surface area contributed by atoms with Crippen LogP contribution >= 0.6 is 0 Å². The molecular formula is C21H29N5O2. The van der Waals surface area contributed by atoms with E-state index in [4.69, 9.17) is 0 Å². The van der Waals surface area contributed by atoms with Gasteiger partial charge in [0, 0.05) is 50.8 Å². The van der Waals surface area contributed by atoms with Crippen molar-refractivity contribution >= 4 is 17.5 Å². The molecule has 7 heteroatoms. The maximum absolute atomic E-state index is 12.7. The standard InChI is InChI=1S/C21H29N5O2/c1-14-7-6-8-18(15(14)2)26-13-16(11-20(26)28)17-12-19(27)23-21(22-17)25(5)10-9-24(3)4/h6-8,12,16H,9-11,13H2,1-5H3,(H,22,23,27)/t16-/m1/s1. The minimum Gasteiger partial charge on any atom is -0.344 e. The topological polar surface area (TPSA) is 72.5 Å². The van der Waals surface area contributed by atoms with Gasteiger partial charge in [0.2, 0.25) is 11.9 Å². The predicted molar refractivity (Wildman–Crippen MR) is 112 cm³/mol. The van der Waals surface area contributed by atoms with Crippen LogP contribution in [0.1, 0.15) is 29.2 Å². The summed E-state index contributed by atoms with van der Waals surface area (Å²) in [6.07, 6.45) is 0.366. The van der Waals surface area contributed by atoms with Gasteiger partial charge in [0.05, 0.1) is 5.69 Å². The van der Waals surface area contributed by atoms with E-state index in [2.05, 4.69) is 14.9 Å². The Bertz CT molecular complexity index is 921. The number of aromatic amines is 1. The third-order valence-corrected chi connectivity index (χ3v) is 5.40. The molecule has 1 N–H and O–H groups in total. The number of aromatic nitrogens is 2. The van der Waals surface area contributed by atoms with Gasteiger partial charge < -0.3 is 14.7 Å². The number of H-pyrrole nitrogens is 1. The van der Waals surface area contributed by atoms with E-state index >= 15 is 0 Å². The fourth-order valence-electron chi connectivity index (χ4n) is 3.48. The van der Waals surface area contributed by atoms with Crippen molar-refractivity contribution in [2.45, 2.75) is 26.2 Å². The Morgan fingerprint density at radius 2 is 1.93 bits per heavy atom. The third-order valence-electron chi connectivity index (χ3n) is 5.40. The maximum atomic E-state index is 12.7. The number of carbonyl (C=O) groups is 1. The summed E-state index contributed by atoms with van der Waals surface area (Å²) in [7, 11) is 5.92. The van der Waals surface area contributed by atoms with E-state index in [9.17, 15) is 9.59 Å². The number of nitrogens with one attached hydrogen (secondary N) is 1. The molecule has 150 valence electrons. The second-order valence-electron chi connectivity index (χ2n) is 7.84. The summed E-state index contributed by atoms with van der Waals surface area (Å²) >= 11 is 0. The Labute approximate surface area is 166 Å². The highest BCUT2D eigenvalue weighted by Gasteiger charge is 2.33. The van der Waals surface area contributed by atoms with Gasteiger partial charge in [0.15, 0.2) is 0 Å². The number of amides is 1. The van der Waals surface area contributed by atoms with Crippen molar-refractivity contribution in [3.05, 3.63) is 51.4 Å². The first-order valence-corrected chi connectivity index (χ1v) is 9.60. The van der Waals surface area contributed by atoms with Crippen molar-refractivity contribution in [3.8, 4) is 0 Å². The van der Waals surface area contributed by atoms with Crippen LogP contribution in [0, 0.1) is 13.8 Å². The number of hydrogen-bond acceptors (Lipinski definition) is 5. The van der Waals surface area contributed by atoms with E-state index in [1.54, 1.807) is 0 Å². The average Bonchev–Trinajstić information content (AvgIpc) is 3.03. The Kier molecular flexibility index (Phi) is 5.84. The van der Waals surface area contributed by atoms with Gasteiger partial charge >= 0.3 is 0 Å². The quantitative estimate of drug-likeness (QED) is 0.825. The molecule has 1 aromatic carbocycles. The predicted octanol–water partition coefficient (Wildman–Crippen LogP) is 1.91. The van der Waals surface area contributed by atoms with Crippen molar-refractivity contribution in [3.63, 3.8) is 0 Å². The molecule has 0 bridgehead atoms. The number of anilines is 2. The highest BCUT2D eigenvalue weighted by molar-refractivity contribution is 5.97. The molecule has 0 radical (unpaired) electrons. The van der Waals surface area contributed by atoms with Crippen LogP contribution in [-0.4, -0.2) is 61.6 Å². The summed E-state index contributed by atoms with van der Waals surface area (Å²) in [5.74, 6) is 0.529. The molecule has 2 heterocycles. The zero-order chi connectivity index (χ0) is 20.4. The largest absolute Gasteiger partial charge is 0.344 e. The Morgan fingerprint density at radius 3 is 2.64 bits per heavy atom. The minimum atomic E-state index is -0.186. The minimum absolute atomic E-state index is 0.0725. The van der Waals surface area contributed by atoms with E-state index in [0.717, 1.165) is 29.9 Å². The second kappa shape index (κ2) is 8.14. The van der Waals surface area contributed by atoms with Crippen molar-refractivity contribution < 1.29 is 4.79 Å². The molecule has 3 rings (SSSR count). The van der Waals surface area contributed by atoms with Crippen LogP contribution in [0.5, 0.6) is 0 Å². The molecule has 1 atom stereocenters. The highest BCUT2D eigenvalue weighted by Crippen LogP contribution is 2.33. The zero-order valence-electron chi connectivity index (χ0n) is 17.3. The third kappa shape index (κ3) is 4.25. The monoisotopic (exact) mass is 383 g/mol. The van der Waals surface area contributed by atoms with Crippen LogP contribution in [0.2, 0.25) is 0 Å². The van der Waals surface area contributed by atoms with Crippen molar-refractivity contribution in [1.29, 1.82) is 0 Å². The van der Waals surface area contributed by atoms with Gasteiger partial charge in [0.25, 0.3) is 5.56 Å². The summed E-state index contributed by atoms with van der Waals surface area (Å²) in [6, 6.07) is 7.52. The lowest BCUT2D eigenvalue weighted by atomic mass is 10.0. The number of benzene rings is 1. The molecule has 2 aromatic rings. The van der Waals surface area contributed by atoms with Crippen LogP contribution in [0.25, 0.3) is 0 Å². The molecule has 0 unspecified atom stereocenters. The average molecular weight is 383 g/mol. The van der Waals surface area contributed by atoms with Gasteiger partial charge in [-0.2, -0.15) is 0 Å². The fraction of sp³-hybridized carbons (Fsp3) is 0.476. The summed E-state index contributed by atoms with van der Waals surface area (Å²) < 4.78 is 0. The summed E-state index contributed by atoms with van der Waals surface area (Å²) in [4.78, 5) is 38.2. The molecule has 1 aromatic heterocycles. The zero-order valence-corrected chi connectivity index (χ0v) is 17.3. The van der Waals surface area contributed by atoms with Crippen LogP contribution in [-0.2, 0) is 4.79 Å². The highest BCUT2D eigenvalue weighted by atomic mass is 16.2. The van der Waals surface area contributed by atoms with E-state index in [0.29, 0.717) is 24.6 Å². The molecule has 0 spiro atoms. The Hall–Kier alpha value is -2.67. The Balaban J connectivity index is 1.83. The normalized spacial score (nSPS) is 16.9. The lowest BCUT2D eigenvalue weighted by molar-refractivity contribution is -0.117. The lowest BCUT2D eigenvalue weighted by Gasteiger charge is -2.22. The van der Waals surface area contributed by atoms with Crippen molar-refractivity contribution in [1.82, 2.24) is 14.9 Å². The molecule has 1 aliphatic rings. The number of rotatable bonds is 6. The molecular weight excluding hydrogens is 354 g/mol. The molecule has 1 aliphatic heterocycles. The van der Waals surface area contributed by atoms with Gasteiger partial charge in [-0.1, -0.05) is 12.1 Å². The smallest absolute Gasteiger partial charge is 0.252 e. The molecule has 1 amide bonds. The van der Waals surface area contributed by atoms with Crippen LogP contribution in [0.4, 0.5) is 11.6 Å². The molecule has 7 nitrogen and oxygen atoms in total. The van der Waals surface area contributed by atoms with Gasteiger partial charge in [-0.15, -0.1) is 0 Å². The molecule has 0 aliphatic carbocycles. The van der Waals surface area contributed by atoms with E-state index < -0.39 is 0 Å². The summed E-state index contributed by atoms with van der Waals surface area (Å²) in [6.45, 7) is 6.23. The first kappa shape index (κ1) is 20.1. The number of likely N-dealkylation sites (N-methyl/N-ethyl adjacent to an activating group) is 2. The van der Waals surface area contributed by atoms with Crippen LogP contribution < -0.4 is 15.4 Å². The first-order chi connectivity index (χ1) is 13.3. The molecule has 1 saturated heterocycles. The number of nitrogens with zero attached hydrogens (tertiary/aromatic N) is 4. The summed E-state index contributed by atoms with van der Waals surface area (Å²) in [5, 5.41) is 0. The van der Waals surface area contributed by atoms with E-state index in [1.165, 1.54) is 6.07 Å². The van der Waals surface area contributed by atoms with Crippen molar-refractivity contribution in [2.24, 2.45) is 0 Å². The van der Waals surface area contributed by atoms with Gasteiger partial charge in [-0.3, -0.25) is 14.6 Å². The van der Waals surface area contributed by atoms with Gasteiger partial charge in [-0.25, -0.2) is 4.98 Å². The molecule has 0 saturated carbocycles. The van der Waals surface area contributed by atoms with Crippen LogP contribution in [0.3, 0.4) is 0 Å². The Morgan fingerprint density at radius 1 is 1.18 bits per heavy atom. The van der Waals surface area contributed by atoms with Crippen LogP contribution in [0.15, 0.2) is 29.1 Å². The number of hydrogen-bond donors (Lipinski definition) is 1. The fourth-order valence-corrected chi connectivity index (χ4v) is 3.48. The molecule has 28 heavy (non-hydrogen) atoms.